The van der Waals surface area contributed by atoms with Crippen LogP contribution in [0.1, 0.15) is 36.5 Å². The van der Waals surface area contributed by atoms with Gasteiger partial charge < -0.3 is 9.90 Å². The topological polar surface area (TPSA) is 77.5 Å². The first-order valence-electron chi connectivity index (χ1n) is 6.26. The third-order valence-electron chi connectivity index (χ3n) is 3.44. The number of nitrogens with zero attached hydrogens (tertiary/aromatic N) is 1. The number of benzene rings is 1. The molecule has 2 rings (SSSR count). The molecule has 1 aliphatic rings. The lowest BCUT2D eigenvalue weighted by atomic mass is 10.1. The molecule has 6 heteroatoms. The highest BCUT2D eigenvalue weighted by atomic mass is 32.2. The maximum atomic E-state index is 12.4. The Balaban J connectivity index is 2.30. The molecule has 0 radical (unpaired) electrons. The van der Waals surface area contributed by atoms with E-state index in [0.29, 0.717) is 6.54 Å². The van der Waals surface area contributed by atoms with Crippen LogP contribution in [0.4, 0.5) is 0 Å². The summed E-state index contributed by atoms with van der Waals surface area (Å²) in [6.45, 7) is 2.41. The zero-order chi connectivity index (χ0) is 14.0. The average molecular weight is 282 g/mol. The van der Waals surface area contributed by atoms with Crippen molar-refractivity contribution in [2.45, 2.75) is 37.1 Å². The van der Waals surface area contributed by atoms with E-state index in [1.807, 2.05) is 6.92 Å². The zero-order valence-corrected chi connectivity index (χ0v) is 11.5. The summed E-state index contributed by atoms with van der Waals surface area (Å²) in [6.07, 6.45) is 2.76. The quantitative estimate of drug-likeness (QED) is 0.814. The van der Waals surface area contributed by atoms with Crippen molar-refractivity contribution in [3.8, 4) is 0 Å². The minimum atomic E-state index is -3.53. The van der Waals surface area contributed by atoms with Gasteiger partial charge in [-0.25, -0.2) is 8.42 Å². The lowest BCUT2D eigenvalue weighted by Crippen LogP contribution is -2.41. The molecule has 0 unspecified atom stereocenters. The van der Waals surface area contributed by atoms with Crippen molar-refractivity contribution in [3.63, 3.8) is 0 Å². The summed E-state index contributed by atoms with van der Waals surface area (Å²) in [5, 5.41) is 10.6. The molecule has 104 valence electrons. The van der Waals surface area contributed by atoms with Crippen LogP contribution in [0.2, 0.25) is 0 Å². The highest BCUT2D eigenvalue weighted by Crippen LogP contribution is 2.25. The molecule has 0 aliphatic carbocycles. The van der Waals surface area contributed by atoms with E-state index < -0.39 is 16.0 Å². The molecule has 1 heterocycles. The molecule has 1 aromatic rings. The van der Waals surface area contributed by atoms with E-state index in [1.165, 1.54) is 28.6 Å². The van der Waals surface area contributed by atoms with Crippen LogP contribution in [-0.4, -0.2) is 31.3 Å². The number of carboxylic acids is 1. The van der Waals surface area contributed by atoms with Crippen molar-refractivity contribution in [3.05, 3.63) is 29.8 Å². The van der Waals surface area contributed by atoms with Gasteiger partial charge in [0.05, 0.1) is 10.9 Å². The second-order valence-corrected chi connectivity index (χ2v) is 6.66. The summed E-state index contributed by atoms with van der Waals surface area (Å²) in [5.41, 5.74) is -0.0226. The van der Waals surface area contributed by atoms with Crippen molar-refractivity contribution < 1.29 is 18.3 Å². The van der Waals surface area contributed by atoms with E-state index in [4.69, 9.17) is 0 Å². The van der Waals surface area contributed by atoms with Gasteiger partial charge in [0.1, 0.15) is 0 Å². The van der Waals surface area contributed by atoms with Crippen molar-refractivity contribution in [2.24, 2.45) is 0 Å². The van der Waals surface area contributed by atoms with Gasteiger partial charge in [-0.05, 0) is 37.5 Å². The number of hydrogen-bond donors (Lipinski definition) is 0. The number of carboxylic acid groups (broad SMARTS) is 1. The Bertz CT molecular complexity index is 565. The molecule has 0 spiro atoms. The van der Waals surface area contributed by atoms with Crippen LogP contribution < -0.4 is 5.11 Å². The molecule has 1 aliphatic heterocycles. The summed E-state index contributed by atoms with van der Waals surface area (Å²) in [6, 6.07) is 5.15. The number of carbonyl (C=O) groups excluding carboxylic acids is 1. The second kappa shape index (κ2) is 5.30. The third kappa shape index (κ3) is 2.79. The Kier molecular flexibility index (Phi) is 3.91. The largest absolute Gasteiger partial charge is 0.545 e. The minimum Gasteiger partial charge on any atom is -0.545 e. The van der Waals surface area contributed by atoms with Crippen LogP contribution in [0.15, 0.2) is 29.2 Å². The van der Waals surface area contributed by atoms with Gasteiger partial charge in [-0.2, -0.15) is 4.31 Å². The van der Waals surface area contributed by atoms with Crippen LogP contribution in [0.3, 0.4) is 0 Å². The Morgan fingerprint density at radius 3 is 2.42 bits per heavy atom. The SMILES string of the molecule is C[C@H]1CCCCN1S(=O)(=O)c1ccc(C(=O)[O-])cc1. The molecule has 1 aromatic carbocycles. The predicted molar refractivity (Wildman–Crippen MR) is 68.0 cm³/mol. The first-order chi connectivity index (χ1) is 8.93. The number of rotatable bonds is 3. The third-order valence-corrected chi connectivity index (χ3v) is 5.47. The monoisotopic (exact) mass is 282 g/mol. The lowest BCUT2D eigenvalue weighted by Gasteiger charge is -2.32. The first kappa shape index (κ1) is 14.0. The Hall–Kier alpha value is -1.40. The van der Waals surface area contributed by atoms with Crippen LogP contribution >= 0.6 is 0 Å². The standard InChI is InChI=1S/C13H17NO4S/c1-10-4-2-3-9-14(10)19(17,18)12-7-5-11(6-8-12)13(15)16/h5-8,10H,2-4,9H2,1H3,(H,15,16)/p-1/t10-/m0/s1. The van der Waals surface area contributed by atoms with Gasteiger partial charge in [0.25, 0.3) is 0 Å². The van der Waals surface area contributed by atoms with E-state index in [2.05, 4.69) is 0 Å². The Morgan fingerprint density at radius 2 is 1.89 bits per heavy atom. The molecule has 0 amide bonds. The molecular formula is C13H16NO4S-. The highest BCUT2D eigenvalue weighted by Gasteiger charge is 2.30. The first-order valence-corrected chi connectivity index (χ1v) is 7.70. The average Bonchev–Trinajstić information content (AvgIpc) is 2.39. The second-order valence-electron chi connectivity index (χ2n) is 4.77. The lowest BCUT2D eigenvalue weighted by molar-refractivity contribution is -0.255. The number of piperidine rings is 1. The van der Waals surface area contributed by atoms with Crippen molar-refractivity contribution in [2.75, 3.05) is 6.54 Å². The fourth-order valence-electron chi connectivity index (χ4n) is 2.33. The van der Waals surface area contributed by atoms with Gasteiger partial charge in [0.15, 0.2) is 0 Å². The maximum Gasteiger partial charge on any atom is 0.243 e. The normalized spacial score (nSPS) is 21.2. The van der Waals surface area contributed by atoms with Crippen LogP contribution in [0, 0.1) is 0 Å². The van der Waals surface area contributed by atoms with Gasteiger partial charge in [-0.15, -0.1) is 0 Å². The van der Waals surface area contributed by atoms with Gasteiger partial charge in [0.2, 0.25) is 10.0 Å². The van der Waals surface area contributed by atoms with Gasteiger partial charge >= 0.3 is 0 Å². The molecule has 19 heavy (non-hydrogen) atoms. The molecule has 0 bridgehead atoms. The predicted octanol–water partition coefficient (Wildman–Crippen LogP) is 0.613. The van der Waals surface area contributed by atoms with Crippen molar-refractivity contribution >= 4 is 16.0 Å². The summed E-state index contributed by atoms with van der Waals surface area (Å²) in [7, 11) is -3.53. The van der Waals surface area contributed by atoms with Gasteiger partial charge in [-0.3, -0.25) is 0 Å². The summed E-state index contributed by atoms with van der Waals surface area (Å²) < 4.78 is 26.4. The van der Waals surface area contributed by atoms with E-state index >= 15 is 0 Å². The number of hydrogen-bond acceptors (Lipinski definition) is 4. The van der Waals surface area contributed by atoms with Gasteiger partial charge in [-0.1, -0.05) is 18.6 Å². The maximum absolute atomic E-state index is 12.4. The fourth-order valence-corrected chi connectivity index (χ4v) is 4.03. The molecule has 0 aromatic heterocycles. The van der Waals surface area contributed by atoms with E-state index in [0.717, 1.165) is 19.3 Å². The number of aromatic carboxylic acids is 1. The summed E-state index contributed by atoms with van der Waals surface area (Å²) in [4.78, 5) is 10.8. The highest BCUT2D eigenvalue weighted by molar-refractivity contribution is 7.89. The van der Waals surface area contributed by atoms with Crippen LogP contribution in [0.5, 0.6) is 0 Å². The Labute approximate surface area is 112 Å². The molecule has 5 nitrogen and oxygen atoms in total. The molecular weight excluding hydrogens is 266 g/mol. The van der Waals surface area contributed by atoms with Crippen molar-refractivity contribution in [1.29, 1.82) is 0 Å². The van der Waals surface area contributed by atoms with Gasteiger partial charge in [0, 0.05) is 12.6 Å². The fraction of sp³-hybridized carbons (Fsp3) is 0.462. The molecule has 0 saturated carbocycles. The minimum absolute atomic E-state index is 0.0143. The van der Waals surface area contributed by atoms with E-state index in [9.17, 15) is 18.3 Å². The molecule has 1 saturated heterocycles. The van der Waals surface area contributed by atoms with Crippen LogP contribution in [-0.2, 0) is 10.0 Å². The molecule has 0 N–H and O–H groups in total. The zero-order valence-electron chi connectivity index (χ0n) is 10.7. The van der Waals surface area contributed by atoms with Crippen molar-refractivity contribution in [1.82, 2.24) is 4.31 Å². The van der Waals surface area contributed by atoms with E-state index in [1.54, 1.807) is 0 Å². The Morgan fingerprint density at radius 1 is 1.26 bits per heavy atom. The molecule has 1 fully saturated rings. The molecule has 1 atom stereocenters. The number of carbonyl (C=O) groups is 1. The smallest absolute Gasteiger partial charge is 0.243 e. The summed E-state index contributed by atoms with van der Waals surface area (Å²) in [5.74, 6) is -1.31. The van der Waals surface area contributed by atoms with E-state index in [-0.39, 0.29) is 16.5 Å². The number of sulfonamides is 1. The van der Waals surface area contributed by atoms with Crippen LogP contribution in [0.25, 0.3) is 0 Å². The summed E-state index contributed by atoms with van der Waals surface area (Å²) >= 11 is 0.